The van der Waals surface area contributed by atoms with Gasteiger partial charge in [0, 0.05) is 23.6 Å². The number of sulfone groups is 1. The van der Waals surface area contributed by atoms with E-state index >= 15 is 0 Å². The van der Waals surface area contributed by atoms with Gasteiger partial charge in [-0.3, -0.25) is 11.3 Å². The molecule has 3 N–H and O–H groups in total. The lowest BCUT2D eigenvalue weighted by Gasteiger charge is -2.19. The number of nitrogens with one attached hydrogen (secondary N) is 1. The zero-order valence-corrected chi connectivity index (χ0v) is 11.9. The summed E-state index contributed by atoms with van der Waals surface area (Å²) in [4.78, 5) is 0. The Kier molecular flexibility index (Phi) is 6.31. The third-order valence-electron chi connectivity index (χ3n) is 2.72. The highest BCUT2D eigenvalue weighted by molar-refractivity contribution is 7.90. The number of hydrogen-bond donors (Lipinski definition) is 2. The van der Waals surface area contributed by atoms with Crippen molar-refractivity contribution in [3.63, 3.8) is 0 Å². The van der Waals surface area contributed by atoms with E-state index in [1.165, 1.54) is 6.07 Å². The first kappa shape index (κ1) is 16.8. The Hall–Kier alpha value is -1.25. The SMILES string of the molecule is CS(=O)(=O)CCCC(NN)c1ccccc1OC(F)F. The molecular weight excluding hydrogens is 290 g/mol. The Labute approximate surface area is 117 Å². The van der Waals surface area contributed by atoms with Crippen LogP contribution in [0.3, 0.4) is 0 Å². The zero-order chi connectivity index (χ0) is 15.2. The monoisotopic (exact) mass is 308 g/mol. The minimum Gasteiger partial charge on any atom is -0.434 e. The zero-order valence-electron chi connectivity index (χ0n) is 11.1. The maximum Gasteiger partial charge on any atom is 0.387 e. The molecule has 114 valence electrons. The summed E-state index contributed by atoms with van der Waals surface area (Å²) in [6.45, 7) is -2.93. The maximum atomic E-state index is 12.3. The molecule has 0 aromatic heterocycles. The van der Waals surface area contributed by atoms with E-state index in [0.29, 0.717) is 18.4 Å². The molecule has 1 aromatic carbocycles. The van der Waals surface area contributed by atoms with Gasteiger partial charge in [-0.15, -0.1) is 0 Å². The molecule has 0 aliphatic heterocycles. The van der Waals surface area contributed by atoms with Crippen LogP contribution in [-0.2, 0) is 9.84 Å². The van der Waals surface area contributed by atoms with E-state index in [1.54, 1.807) is 18.2 Å². The van der Waals surface area contributed by atoms with E-state index in [-0.39, 0.29) is 11.5 Å². The fraction of sp³-hybridized carbons (Fsp3) is 0.500. The van der Waals surface area contributed by atoms with Crippen LogP contribution in [0.4, 0.5) is 8.78 Å². The summed E-state index contributed by atoms with van der Waals surface area (Å²) < 4.78 is 51.2. The molecule has 0 aliphatic rings. The van der Waals surface area contributed by atoms with Crippen molar-refractivity contribution in [3.05, 3.63) is 29.8 Å². The Bertz CT molecular complexity index is 523. The molecule has 5 nitrogen and oxygen atoms in total. The summed E-state index contributed by atoms with van der Waals surface area (Å²) in [5.41, 5.74) is 2.97. The Balaban J connectivity index is 2.78. The quantitative estimate of drug-likeness (QED) is 0.563. The van der Waals surface area contributed by atoms with Crippen LogP contribution >= 0.6 is 0 Å². The predicted octanol–water partition coefficient (Wildman–Crippen LogP) is 1.62. The lowest BCUT2D eigenvalue weighted by molar-refractivity contribution is -0.0507. The second kappa shape index (κ2) is 7.51. The van der Waals surface area contributed by atoms with Gasteiger partial charge in [0.15, 0.2) is 0 Å². The van der Waals surface area contributed by atoms with Gasteiger partial charge >= 0.3 is 6.61 Å². The number of hydrazine groups is 1. The Morgan fingerprint density at radius 2 is 2.00 bits per heavy atom. The largest absolute Gasteiger partial charge is 0.434 e. The van der Waals surface area contributed by atoms with Gasteiger partial charge < -0.3 is 4.74 Å². The van der Waals surface area contributed by atoms with Gasteiger partial charge in [-0.2, -0.15) is 8.78 Å². The number of rotatable bonds is 8. The third kappa shape index (κ3) is 5.81. The second-order valence-electron chi connectivity index (χ2n) is 4.41. The van der Waals surface area contributed by atoms with Crippen molar-refractivity contribution in [2.45, 2.75) is 25.5 Å². The van der Waals surface area contributed by atoms with Crippen LogP contribution in [0.1, 0.15) is 24.4 Å². The molecule has 0 aliphatic carbocycles. The second-order valence-corrected chi connectivity index (χ2v) is 6.67. The fourth-order valence-corrected chi connectivity index (χ4v) is 2.54. The molecule has 0 radical (unpaired) electrons. The molecule has 0 saturated heterocycles. The molecular formula is C12H18F2N2O3S. The van der Waals surface area contributed by atoms with Crippen LogP contribution < -0.4 is 16.0 Å². The number of alkyl halides is 2. The number of ether oxygens (including phenoxy) is 1. The highest BCUT2D eigenvalue weighted by Gasteiger charge is 2.17. The molecule has 1 atom stereocenters. The molecule has 1 aromatic rings. The summed E-state index contributed by atoms with van der Waals surface area (Å²) >= 11 is 0. The van der Waals surface area contributed by atoms with Gasteiger partial charge in [0.2, 0.25) is 0 Å². The van der Waals surface area contributed by atoms with Crippen molar-refractivity contribution in [2.75, 3.05) is 12.0 Å². The highest BCUT2D eigenvalue weighted by atomic mass is 32.2. The van der Waals surface area contributed by atoms with E-state index in [1.807, 2.05) is 0 Å². The van der Waals surface area contributed by atoms with Crippen molar-refractivity contribution in [3.8, 4) is 5.75 Å². The Morgan fingerprint density at radius 1 is 1.35 bits per heavy atom. The van der Waals surface area contributed by atoms with Gasteiger partial charge in [0.05, 0.1) is 0 Å². The molecule has 0 bridgehead atoms. The van der Waals surface area contributed by atoms with E-state index in [0.717, 1.165) is 6.26 Å². The van der Waals surface area contributed by atoms with Gasteiger partial charge in [0.1, 0.15) is 15.6 Å². The molecule has 20 heavy (non-hydrogen) atoms. The van der Waals surface area contributed by atoms with E-state index in [4.69, 9.17) is 5.84 Å². The first-order valence-corrected chi connectivity index (χ1v) is 8.07. The van der Waals surface area contributed by atoms with Crippen LogP contribution in [0.25, 0.3) is 0 Å². The van der Waals surface area contributed by atoms with Gasteiger partial charge in [-0.05, 0) is 18.9 Å². The summed E-state index contributed by atoms with van der Waals surface area (Å²) in [7, 11) is -3.06. The molecule has 0 saturated carbocycles. The molecule has 1 rings (SSSR count). The number of para-hydroxylation sites is 1. The predicted molar refractivity (Wildman–Crippen MR) is 72.1 cm³/mol. The lowest BCUT2D eigenvalue weighted by atomic mass is 10.0. The van der Waals surface area contributed by atoms with Crippen molar-refractivity contribution in [1.82, 2.24) is 5.43 Å². The number of halogens is 2. The fourth-order valence-electron chi connectivity index (χ4n) is 1.85. The summed E-state index contributed by atoms with van der Waals surface area (Å²) in [6, 6.07) is 5.83. The maximum absolute atomic E-state index is 12.3. The van der Waals surface area contributed by atoms with Crippen molar-refractivity contribution >= 4 is 9.84 Å². The lowest BCUT2D eigenvalue weighted by Crippen LogP contribution is -2.29. The van der Waals surface area contributed by atoms with Crippen molar-refractivity contribution in [1.29, 1.82) is 0 Å². The number of nitrogens with two attached hydrogens (primary N) is 1. The van der Waals surface area contributed by atoms with Crippen LogP contribution in [0.2, 0.25) is 0 Å². The molecule has 0 amide bonds. The van der Waals surface area contributed by atoms with E-state index in [9.17, 15) is 17.2 Å². The van der Waals surface area contributed by atoms with Gasteiger partial charge in [-0.25, -0.2) is 8.42 Å². The molecule has 0 heterocycles. The van der Waals surface area contributed by atoms with E-state index in [2.05, 4.69) is 10.2 Å². The standard InChI is InChI=1S/C12H18F2N2O3S/c1-20(17,18)8-4-6-10(16-15)9-5-2-3-7-11(9)19-12(13)14/h2-3,5,7,10,12,16H,4,6,8,15H2,1H3. The minimum atomic E-state index is -3.06. The van der Waals surface area contributed by atoms with Crippen molar-refractivity contribution < 1.29 is 21.9 Å². The highest BCUT2D eigenvalue weighted by Crippen LogP contribution is 2.28. The van der Waals surface area contributed by atoms with Crippen molar-refractivity contribution in [2.24, 2.45) is 5.84 Å². The first-order valence-electron chi connectivity index (χ1n) is 6.01. The number of benzene rings is 1. The number of hydrogen-bond acceptors (Lipinski definition) is 5. The first-order chi connectivity index (χ1) is 9.33. The molecule has 0 fully saturated rings. The minimum absolute atomic E-state index is 0.0169. The van der Waals surface area contributed by atoms with Gasteiger partial charge in [0.25, 0.3) is 0 Å². The Morgan fingerprint density at radius 3 is 2.55 bits per heavy atom. The van der Waals surface area contributed by atoms with E-state index < -0.39 is 22.5 Å². The summed E-state index contributed by atoms with van der Waals surface area (Å²) in [5.74, 6) is 5.46. The average Bonchev–Trinajstić information content (AvgIpc) is 2.34. The van der Waals surface area contributed by atoms with Gasteiger partial charge in [-0.1, -0.05) is 18.2 Å². The topological polar surface area (TPSA) is 81.4 Å². The molecule has 8 heteroatoms. The van der Waals surface area contributed by atoms with Crippen LogP contribution in [0.5, 0.6) is 5.75 Å². The van der Waals surface area contributed by atoms with Crippen LogP contribution in [0.15, 0.2) is 24.3 Å². The summed E-state index contributed by atoms with van der Waals surface area (Å²) in [6.07, 6.45) is 1.91. The van der Waals surface area contributed by atoms with Crippen LogP contribution in [0, 0.1) is 0 Å². The molecule has 1 unspecified atom stereocenters. The average molecular weight is 308 g/mol. The molecule has 0 spiro atoms. The smallest absolute Gasteiger partial charge is 0.387 e. The normalized spacial score (nSPS) is 13.4. The van der Waals surface area contributed by atoms with Crippen LogP contribution in [-0.4, -0.2) is 27.0 Å². The third-order valence-corrected chi connectivity index (χ3v) is 3.75. The summed E-state index contributed by atoms with van der Waals surface area (Å²) in [5, 5.41) is 0.